The van der Waals surface area contributed by atoms with Crippen molar-refractivity contribution in [1.29, 1.82) is 0 Å². The SMILES string of the molecule is Cc1ccc(-c2cc(C(F)(F)F)n3nc(C(=O)N4CCCN(C(=O)c5cc6nc(-c7ccc(C)c(C)c7)cc(C(F)(F)F)n6n5)CC4)cc3n2)cc1C. The van der Waals surface area contributed by atoms with Crippen LogP contribution in [0.4, 0.5) is 26.3 Å². The van der Waals surface area contributed by atoms with Gasteiger partial charge in [-0.1, -0.05) is 24.3 Å². The molecule has 2 amide bonds. The molecule has 0 bridgehead atoms. The van der Waals surface area contributed by atoms with Crippen LogP contribution in [0.15, 0.2) is 60.7 Å². The number of nitrogens with zero attached hydrogens (tertiary/aromatic N) is 8. The van der Waals surface area contributed by atoms with Crippen LogP contribution in [0.2, 0.25) is 0 Å². The predicted molar refractivity (Wildman–Crippen MR) is 182 cm³/mol. The highest BCUT2D eigenvalue weighted by Gasteiger charge is 2.37. The van der Waals surface area contributed by atoms with Crippen LogP contribution in [0.5, 0.6) is 0 Å². The lowest BCUT2D eigenvalue weighted by Crippen LogP contribution is -2.37. The number of benzene rings is 2. The molecular weight excluding hydrogens is 702 g/mol. The molecule has 7 rings (SSSR count). The van der Waals surface area contributed by atoms with Crippen molar-refractivity contribution in [2.75, 3.05) is 26.2 Å². The van der Waals surface area contributed by atoms with E-state index in [1.807, 2.05) is 27.7 Å². The molecule has 1 aliphatic heterocycles. The number of amides is 2. The Hall–Kier alpha value is -5.80. The minimum absolute atomic E-state index is 0.0117. The number of halogens is 6. The third kappa shape index (κ3) is 6.80. The number of carbonyl (C=O) groups is 2. The molecule has 0 aliphatic carbocycles. The van der Waals surface area contributed by atoms with E-state index in [9.17, 15) is 35.9 Å². The van der Waals surface area contributed by atoms with E-state index in [1.165, 1.54) is 21.9 Å². The van der Waals surface area contributed by atoms with E-state index >= 15 is 0 Å². The molecule has 1 fully saturated rings. The molecule has 1 aliphatic rings. The quantitative estimate of drug-likeness (QED) is 0.176. The summed E-state index contributed by atoms with van der Waals surface area (Å²) in [6.45, 7) is 7.72. The molecule has 10 nitrogen and oxygen atoms in total. The topological polar surface area (TPSA) is 101 Å². The molecule has 0 unspecified atom stereocenters. The van der Waals surface area contributed by atoms with Gasteiger partial charge >= 0.3 is 12.4 Å². The Balaban J connectivity index is 1.13. The first-order chi connectivity index (χ1) is 25.0. The molecule has 6 aromatic rings. The van der Waals surface area contributed by atoms with E-state index in [0.29, 0.717) is 20.2 Å². The summed E-state index contributed by atoms with van der Waals surface area (Å²) in [4.78, 5) is 38.7. The second kappa shape index (κ2) is 13.0. The highest BCUT2D eigenvalue weighted by atomic mass is 19.4. The lowest BCUT2D eigenvalue weighted by molar-refractivity contribution is -0.143. The van der Waals surface area contributed by atoms with Crippen molar-refractivity contribution in [2.24, 2.45) is 0 Å². The molecule has 16 heteroatoms. The van der Waals surface area contributed by atoms with Gasteiger partial charge in [-0.2, -0.15) is 36.5 Å². The normalized spacial score (nSPS) is 14.3. The van der Waals surface area contributed by atoms with E-state index < -0.39 is 35.6 Å². The van der Waals surface area contributed by atoms with Gasteiger partial charge < -0.3 is 9.80 Å². The molecule has 0 spiro atoms. The molecular formula is C37H32F6N8O2. The summed E-state index contributed by atoms with van der Waals surface area (Å²) in [6.07, 6.45) is -9.33. The van der Waals surface area contributed by atoms with E-state index in [2.05, 4.69) is 20.2 Å². The fraction of sp³-hybridized carbons (Fsp3) is 0.297. The maximum Gasteiger partial charge on any atom is 0.433 e. The third-order valence-electron chi connectivity index (χ3n) is 9.55. The van der Waals surface area contributed by atoms with E-state index in [1.54, 1.807) is 36.4 Å². The number of alkyl halides is 6. The van der Waals surface area contributed by atoms with E-state index in [-0.39, 0.29) is 66.7 Å². The zero-order chi connectivity index (χ0) is 38.0. The lowest BCUT2D eigenvalue weighted by Gasteiger charge is -2.21. The minimum Gasteiger partial charge on any atom is -0.335 e. The smallest absolute Gasteiger partial charge is 0.335 e. The molecule has 0 N–H and O–H groups in total. The summed E-state index contributed by atoms with van der Waals surface area (Å²) in [6, 6.07) is 14.6. The Morgan fingerprint density at radius 2 is 0.943 bits per heavy atom. The highest BCUT2D eigenvalue weighted by Crippen LogP contribution is 2.34. The summed E-state index contributed by atoms with van der Waals surface area (Å²) < 4.78 is 86.5. The van der Waals surface area contributed by atoms with E-state index in [0.717, 1.165) is 34.4 Å². The Labute approximate surface area is 298 Å². The van der Waals surface area contributed by atoms with Gasteiger partial charge in [0.25, 0.3) is 11.8 Å². The standard InChI is InChI=1S/C37H32F6N8O2/c1-20-6-8-24(14-22(20)3)26-16-30(36(38,39)40)50-32(44-26)18-28(46-50)34(52)48-10-5-11-49(13-12-48)35(53)29-19-33-45-27(25-9-7-21(2)23(4)15-25)17-31(37(41,42)43)51(33)47-29/h6-9,14-19H,5,10-13H2,1-4H3. The zero-order valence-corrected chi connectivity index (χ0v) is 29.0. The first kappa shape index (κ1) is 35.6. The Morgan fingerprint density at radius 1 is 0.547 bits per heavy atom. The second-order valence-electron chi connectivity index (χ2n) is 13.2. The number of fused-ring (bicyclic) bond motifs is 2. The number of aryl methyl sites for hydroxylation is 4. The van der Waals surface area contributed by atoms with Gasteiger partial charge in [0.05, 0.1) is 11.4 Å². The number of hydrogen-bond donors (Lipinski definition) is 0. The van der Waals surface area contributed by atoms with Crippen molar-refractivity contribution < 1.29 is 35.9 Å². The van der Waals surface area contributed by atoms with E-state index in [4.69, 9.17) is 0 Å². The summed E-state index contributed by atoms with van der Waals surface area (Å²) in [5.41, 5.74) is 1.74. The monoisotopic (exact) mass is 734 g/mol. The third-order valence-corrected chi connectivity index (χ3v) is 9.55. The van der Waals surface area contributed by atoms with Crippen LogP contribution in [-0.2, 0) is 12.4 Å². The zero-order valence-electron chi connectivity index (χ0n) is 29.0. The van der Waals surface area contributed by atoms with Crippen LogP contribution >= 0.6 is 0 Å². The van der Waals surface area contributed by atoms with Gasteiger partial charge in [0, 0.05) is 49.4 Å². The van der Waals surface area contributed by atoms with Crippen LogP contribution in [0.1, 0.15) is 61.0 Å². The maximum atomic E-state index is 14.2. The molecule has 5 heterocycles. The maximum absolute atomic E-state index is 14.2. The largest absolute Gasteiger partial charge is 0.433 e. The van der Waals surface area contributed by atoms with Crippen molar-refractivity contribution in [3.8, 4) is 22.5 Å². The molecule has 0 saturated carbocycles. The van der Waals surface area contributed by atoms with Crippen LogP contribution < -0.4 is 0 Å². The van der Waals surface area contributed by atoms with Gasteiger partial charge in [-0.15, -0.1) is 0 Å². The highest BCUT2D eigenvalue weighted by molar-refractivity contribution is 5.95. The molecule has 4 aromatic heterocycles. The summed E-state index contributed by atoms with van der Waals surface area (Å²) in [7, 11) is 0. The average molecular weight is 735 g/mol. The van der Waals surface area contributed by atoms with Crippen molar-refractivity contribution in [3.63, 3.8) is 0 Å². The summed E-state index contributed by atoms with van der Waals surface area (Å²) >= 11 is 0. The first-order valence-electron chi connectivity index (χ1n) is 16.7. The molecule has 0 radical (unpaired) electrons. The van der Waals surface area contributed by atoms with Crippen LogP contribution in [0, 0.1) is 27.7 Å². The molecule has 274 valence electrons. The summed E-state index contributed by atoms with van der Waals surface area (Å²) in [5, 5.41) is 7.99. The second-order valence-corrected chi connectivity index (χ2v) is 13.2. The first-order valence-corrected chi connectivity index (χ1v) is 16.7. The van der Waals surface area contributed by atoms with Crippen molar-refractivity contribution in [2.45, 2.75) is 46.5 Å². The van der Waals surface area contributed by atoms with Crippen molar-refractivity contribution >= 4 is 23.1 Å². The predicted octanol–water partition coefficient (Wildman–Crippen LogP) is 7.37. The van der Waals surface area contributed by atoms with Crippen LogP contribution in [-0.4, -0.2) is 77.0 Å². The van der Waals surface area contributed by atoms with Gasteiger partial charge in [-0.05, 0) is 80.6 Å². The molecule has 0 atom stereocenters. The van der Waals surface area contributed by atoms with Gasteiger partial charge in [0.1, 0.15) is 0 Å². The average Bonchev–Trinajstić information content (AvgIpc) is 3.65. The van der Waals surface area contributed by atoms with Gasteiger partial charge in [0.15, 0.2) is 34.1 Å². The lowest BCUT2D eigenvalue weighted by atomic mass is 10.0. The Kier molecular flexibility index (Phi) is 8.73. The number of hydrogen-bond acceptors (Lipinski definition) is 6. The molecule has 1 saturated heterocycles. The van der Waals surface area contributed by atoms with Crippen LogP contribution in [0.3, 0.4) is 0 Å². The molecule has 53 heavy (non-hydrogen) atoms. The Bertz CT molecular complexity index is 2260. The van der Waals surface area contributed by atoms with Gasteiger partial charge in [0.2, 0.25) is 0 Å². The Morgan fingerprint density at radius 3 is 1.30 bits per heavy atom. The van der Waals surface area contributed by atoms with Crippen molar-refractivity contribution in [1.82, 2.24) is 39.0 Å². The molecule has 2 aromatic carbocycles. The van der Waals surface area contributed by atoms with Crippen molar-refractivity contribution in [3.05, 3.63) is 106 Å². The number of carbonyl (C=O) groups excluding carboxylic acids is 2. The van der Waals surface area contributed by atoms with Gasteiger partial charge in [-0.25, -0.2) is 19.0 Å². The van der Waals surface area contributed by atoms with Gasteiger partial charge in [-0.3, -0.25) is 9.59 Å². The fourth-order valence-electron chi connectivity index (χ4n) is 6.31. The number of aromatic nitrogens is 6. The van der Waals surface area contributed by atoms with Crippen LogP contribution in [0.25, 0.3) is 33.8 Å². The fourth-order valence-corrected chi connectivity index (χ4v) is 6.31. The number of rotatable bonds is 4. The summed E-state index contributed by atoms with van der Waals surface area (Å²) in [5.74, 6) is -1.31. The minimum atomic E-state index is -4.80.